The summed E-state index contributed by atoms with van der Waals surface area (Å²) in [6.07, 6.45) is -1.10. The standard InChI is InChI=1S/C10H13N5O4S/c11-10-13-7-4(8(18)14-10)12-2-15(7)9-5(17)6(20)3(1-16)19-9/h2-3,5-6,9,16-17,20H,1H2,(H3,11,13,14,18)/t3-,5-,6-,9-/m1/s1. The van der Waals surface area contributed by atoms with Crippen LogP contribution in [0.3, 0.4) is 0 Å². The number of thiol groups is 1. The molecule has 108 valence electrons. The molecule has 2 aromatic heterocycles. The second-order valence-corrected chi connectivity index (χ2v) is 5.10. The molecule has 1 aliphatic heterocycles. The molecular formula is C10H13N5O4S. The van der Waals surface area contributed by atoms with Gasteiger partial charge in [0.05, 0.1) is 24.3 Å². The summed E-state index contributed by atoms with van der Waals surface area (Å²) in [5.41, 5.74) is 5.33. The van der Waals surface area contributed by atoms with E-state index in [4.69, 9.17) is 10.5 Å². The first kappa shape index (κ1) is 13.4. The number of anilines is 1. The fourth-order valence-electron chi connectivity index (χ4n) is 2.24. The van der Waals surface area contributed by atoms with Crippen LogP contribution in [0.5, 0.6) is 0 Å². The van der Waals surface area contributed by atoms with E-state index in [0.29, 0.717) is 0 Å². The molecule has 1 saturated heterocycles. The first-order valence-electron chi connectivity index (χ1n) is 5.87. The number of nitrogens with zero attached hydrogens (tertiary/aromatic N) is 3. The molecule has 0 bridgehead atoms. The average molecular weight is 299 g/mol. The van der Waals surface area contributed by atoms with Gasteiger partial charge in [-0.25, -0.2) is 4.98 Å². The van der Waals surface area contributed by atoms with Crippen LogP contribution in [0.4, 0.5) is 5.95 Å². The van der Waals surface area contributed by atoms with E-state index in [1.807, 2.05) is 0 Å². The maximum atomic E-state index is 11.7. The zero-order valence-electron chi connectivity index (χ0n) is 10.2. The molecule has 0 saturated carbocycles. The van der Waals surface area contributed by atoms with E-state index in [9.17, 15) is 15.0 Å². The van der Waals surface area contributed by atoms with Crippen LogP contribution in [0.15, 0.2) is 11.1 Å². The number of imidazole rings is 1. The first-order valence-corrected chi connectivity index (χ1v) is 6.39. The van der Waals surface area contributed by atoms with Crippen molar-refractivity contribution in [2.45, 2.75) is 23.7 Å². The number of hydrogen-bond donors (Lipinski definition) is 5. The van der Waals surface area contributed by atoms with E-state index < -0.39 is 29.2 Å². The number of nitrogens with one attached hydrogen (secondary N) is 1. The Bertz CT molecular complexity index is 701. The quantitative estimate of drug-likeness (QED) is 0.414. The fraction of sp³-hybridized carbons (Fsp3) is 0.500. The lowest BCUT2D eigenvalue weighted by Crippen LogP contribution is -2.28. The van der Waals surface area contributed by atoms with Crippen molar-refractivity contribution in [3.05, 3.63) is 16.7 Å². The summed E-state index contributed by atoms with van der Waals surface area (Å²) in [5, 5.41) is 18.7. The predicted octanol–water partition coefficient (Wildman–Crippen LogP) is -1.75. The van der Waals surface area contributed by atoms with E-state index in [2.05, 4.69) is 27.6 Å². The monoisotopic (exact) mass is 299 g/mol. The van der Waals surface area contributed by atoms with Gasteiger partial charge < -0.3 is 20.7 Å². The molecule has 3 rings (SSSR count). The third-order valence-corrected chi connectivity index (χ3v) is 3.88. The smallest absolute Gasteiger partial charge is 0.280 e. The van der Waals surface area contributed by atoms with Crippen molar-refractivity contribution in [1.29, 1.82) is 0 Å². The Morgan fingerprint density at radius 3 is 3.00 bits per heavy atom. The molecule has 0 radical (unpaired) electrons. The van der Waals surface area contributed by atoms with Crippen LogP contribution in [0.25, 0.3) is 11.2 Å². The van der Waals surface area contributed by atoms with Crippen molar-refractivity contribution in [1.82, 2.24) is 19.5 Å². The van der Waals surface area contributed by atoms with E-state index in [0.717, 1.165) is 0 Å². The summed E-state index contributed by atoms with van der Waals surface area (Å²) in [5.74, 6) is -0.0575. The zero-order chi connectivity index (χ0) is 14.4. The number of aliphatic hydroxyl groups excluding tert-OH is 2. The minimum Gasteiger partial charge on any atom is -0.394 e. The molecule has 0 spiro atoms. The fourth-order valence-corrected chi connectivity index (χ4v) is 2.55. The number of aromatic nitrogens is 4. The summed E-state index contributed by atoms with van der Waals surface area (Å²) in [6.45, 7) is -0.273. The Morgan fingerprint density at radius 2 is 2.35 bits per heavy atom. The number of nitrogen functional groups attached to an aromatic ring is 1. The van der Waals surface area contributed by atoms with E-state index in [1.54, 1.807) is 0 Å². The molecule has 0 amide bonds. The summed E-state index contributed by atoms with van der Waals surface area (Å²) < 4.78 is 6.93. The zero-order valence-corrected chi connectivity index (χ0v) is 11.1. The van der Waals surface area contributed by atoms with Crippen molar-refractivity contribution < 1.29 is 14.9 Å². The molecule has 10 heteroatoms. The Hall–Kier alpha value is -1.62. The van der Waals surface area contributed by atoms with Crippen LogP contribution < -0.4 is 11.3 Å². The van der Waals surface area contributed by atoms with Gasteiger partial charge in [-0.15, -0.1) is 0 Å². The molecule has 0 aromatic carbocycles. The lowest BCUT2D eigenvalue weighted by atomic mass is 10.2. The number of hydrogen-bond acceptors (Lipinski definition) is 8. The number of aromatic amines is 1. The number of H-pyrrole nitrogens is 1. The summed E-state index contributed by atoms with van der Waals surface area (Å²) in [7, 11) is 0. The van der Waals surface area contributed by atoms with Crippen molar-refractivity contribution in [2.24, 2.45) is 0 Å². The lowest BCUT2D eigenvalue weighted by molar-refractivity contribution is -0.0486. The van der Waals surface area contributed by atoms with Crippen molar-refractivity contribution in [2.75, 3.05) is 12.3 Å². The second kappa shape index (κ2) is 4.74. The topological polar surface area (TPSA) is 139 Å². The molecule has 0 unspecified atom stereocenters. The third-order valence-electron chi connectivity index (χ3n) is 3.24. The maximum absolute atomic E-state index is 11.7. The van der Waals surface area contributed by atoms with Crippen LogP contribution in [-0.4, -0.2) is 53.8 Å². The van der Waals surface area contributed by atoms with Gasteiger partial charge in [-0.2, -0.15) is 17.6 Å². The molecule has 5 N–H and O–H groups in total. The van der Waals surface area contributed by atoms with Gasteiger partial charge in [0, 0.05) is 0 Å². The average Bonchev–Trinajstić information content (AvgIpc) is 2.93. The molecule has 4 atom stereocenters. The number of rotatable bonds is 2. The van der Waals surface area contributed by atoms with Crippen molar-refractivity contribution >= 4 is 29.7 Å². The minimum atomic E-state index is -0.977. The molecule has 1 aliphatic rings. The SMILES string of the molecule is Nc1nc2c(ncn2[C@@H]2O[C@H](CO)[C@@H](S)[C@H]2O)c(=O)[nH]1. The van der Waals surface area contributed by atoms with Gasteiger partial charge in [0.2, 0.25) is 5.95 Å². The Labute approximate surface area is 117 Å². The lowest BCUT2D eigenvalue weighted by Gasteiger charge is -2.16. The van der Waals surface area contributed by atoms with E-state index in [1.165, 1.54) is 10.9 Å². The summed E-state index contributed by atoms with van der Waals surface area (Å²) >= 11 is 4.21. The van der Waals surface area contributed by atoms with Crippen LogP contribution in [-0.2, 0) is 4.74 Å². The number of nitrogens with two attached hydrogens (primary N) is 1. The maximum Gasteiger partial charge on any atom is 0.280 e. The largest absolute Gasteiger partial charge is 0.394 e. The normalized spacial score (nSPS) is 30.1. The molecule has 9 nitrogen and oxygen atoms in total. The predicted molar refractivity (Wildman–Crippen MR) is 72.3 cm³/mol. The Kier molecular flexibility index (Phi) is 3.17. The number of fused-ring (bicyclic) bond motifs is 1. The van der Waals surface area contributed by atoms with E-state index in [-0.39, 0.29) is 23.7 Å². The van der Waals surface area contributed by atoms with Gasteiger partial charge in [-0.05, 0) is 0 Å². The van der Waals surface area contributed by atoms with Crippen LogP contribution in [0, 0.1) is 0 Å². The molecular weight excluding hydrogens is 286 g/mol. The first-order chi connectivity index (χ1) is 9.52. The highest BCUT2D eigenvalue weighted by molar-refractivity contribution is 7.81. The van der Waals surface area contributed by atoms with Crippen LogP contribution >= 0.6 is 12.6 Å². The highest BCUT2D eigenvalue weighted by atomic mass is 32.1. The van der Waals surface area contributed by atoms with Crippen LogP contribution in [0.2, 0.25) is 0 Å². The Balaban J connectivity index is 2.09. The number of aliphatic hydroxyl groups is 2. The molecule has 3 heterocycles. The molecule has 1 fully saturated rings. The molecule has 2 aromatic rings. The highest BCUT2D eigenvalue weighted by Gasteiger charge is 2.43. The van der Waals surface area contributed by atoms with Gasteiger partial charge in [0.25, 0.3) is 5.56 Å². The third kappa shape index (κ3) is 1.88. The molecule has 0 aliphatic carbocycles. The summed E-state index contributed by atoms with van der Waals surface area (Å²) in [4.78, 5) is 22.0. The van der Waals surface area contributed by atoms with Gasteiger partial charge in [-0.3, -0.25) is 14.3 Å². The van der Waals surface area contributed by atoms with Gasteiger partial charge in [0.15, 0.2) is 17.4 Å². The van der Waals surface area contributed by atoms with E-state index >= 15 is 0 Å². The van der Waals surface area contributed by atoms with Crippen LogP contribution in [0.1, 0.15) is 6.23 Å². The molecule has 20 heavy (non-hydrogen) atoms. The van der Waals surface area contributed by atoms with Crippen molar-refractivity contribution in [3.8, 4) is 0 Å². The minimum absolute atomic E-state index is 0.0575. The van der Waals surface area contributed by atoms with Gasteiger partial charge in [-0.1, -0.05) is 0 Å². The summed E-state index contributed by atoms with van der Waals surface area (Å²) in [6, 6.07) is 0. The highest BCUT2D eigenvalue weighted by Crippen LogP contribution is 2.33. The van der Waals surface area contributed by atoms with Crippen molar-refractivity contribution in [3.63, 3.8) is 0 Å². The Morgan fingerprint density at radius 1 is 1.60 bits per heavy atom. The second-order valence-electron chi connectivity index (χ2n) is 4.50. The van der Waals surface area contributed by atoms with Gasteiger partial charge in [0.1, 0.15) is 6.10 Å². The van der Waals surface area contributed by atoms with Gasteiger partial charge >= 0.3 is 0 Å². The number of ether oxygens (including phenoxy) is 1.